The third-order valence-corrected chi connectivity index (χ3v) is 5.98. The molecule has 0 spiro atoms. The second-order valence-electron chi connectivity index (χ2n) is 5.47. The third-order valence-electron chi connectivity index (χ3n) is 4.03. The molecule has 1 N–H and O–H groups in total. The van der Waals surface area contributed by atoms with Crippen LogP contribution >= 0.6 is 0 Å². The summed E-state index contributed by atoms with van der Waals surface area (Å²) in [4.78, 5) is 10.3. The second kappa shape index (κ2) is 6.68. The van der Waals surface area contributed by atoms with Gasteiger partial charge in [0.15, 0.2) is 4.90 Å². The highest BCUT2D eigenvalue weighted by molar-refractivity contribution is 7.89. The van der Waals surface area contributed by atoms with Gasteiger partial charge in [-0.1, -0.05) is 42.5 Å². The van der Waals surface area contributed by atoms with Gasteiger partial charge in [0.2, 0.25) is 0 Å². The SMILES string of the molecule is O=[N+]([O-])c1ccccc1S(=O)(=O)N1CCNCC1c1ccccc1. The van der Waals surface area contributed by atoms with Crippen LogP contribution in [0.5, 0.6) is 0 Å². The minimum Gasteiger partial charge on any atom is -0.313 e. The maximum Gasteiger partial charge on any atom is 0.289 e. The molecule has 1 fully saturated rings. The van der Waals surface area contributed by atoms with E-state index in [1.165, 1.54) is 28.6 Å². The van der Waals surface area contributed by atoms with E-state index in [0.29, 0.717) is 13.1 Å². The fourth-order valence-electron chi connectivity index (χ4n) is 2.89. The van der Waals surface area contributed by atoms with Crippen LogP contribution in [0.2, 0.25) is 0 Å². The van der Waals surface area contributed by atoms with Crippen molar-refractivity contribution in [3.63, 3.8) is 0 Å². The van der Waals surface area contributed by atoms with Gasteiger partial charge in [0, 0.05) is 25.7 Å². The van der Waals surface area contributed by atoms with Crippen LogP contribution in [-0.4, -0.2) is 37.3 Å². The molecule has 0 saturated carbocycles. The minimum absolute atomic E-state index is 0.258. The monoisotopic (exact) mass is 347 g/mol. The standard InChI is InChI=1S/C16H17N3O4S/c20-19(21)14-8-4-5-9-16(14)24(22,23)18-11-10-17-12-15(18)13-6-2-1-3-7-13/h1-9,15,17H,10-12H2. The number of nitro benzene ring substituents is 1. The zero-order chi connectivity index (χ0) is 17.2. The van der Waals surface area contributed by atoms with E-state index in [-0.39, 0.29) is 11.4 Å². The summed E-state index contributed by atoms with van der Waals surface area (Å²) in [5, 5.41) is 14.4. The van der Waals surface area contributed by atoms with E-state index >= 15 is 0 Å². The first-order valence-electron chi connectivity index (χ1n) is 7.53. The lowest BCUT2D eigenvalue weighted by molar-refractivity contribution is -0.387. The highest BCUT2D eigenvalue weighted by Gasteiger charge is 2.37. The topological polar surface area (TPSA) is 92.5 Å². The fourth-order valence-corrected chi connectivity index (χ4v) is 4.66. The molecule has 24 heavy (non-hydrogen) atoms. The molecule has 0 aliphatic carbocycles. The van der Waals surface area contributed by atoms with Crippen LogP contribution in [0.1, 0.15) is 11.6 Å². The van der Waals surface area contributed by atoms with Crippen molar-refractivity contribution in [1.29, 1.82) is 0 Å². The van der Waals surface area contributed by atoms with Crippen LogP contribution in [0.4, 0.5) is 5.69 Å². The number of hydrogen-bond donors (Lipinski definition) is 1. The quantitative estimate of drug-likeness (QED) is 0.674. The molecule has 0 amide bonds. The van der Waals surface area contributed by atoms with E-state index in [9.17, 15) is 18.5 Å². The number of rotatable bonds is 4. The molecule has 1 unspecified atom stereocenters. The van der Waals surface area contributed by atoms with Crippen molar-refractivity contribution in [3.8, 4) is 0 Å². The van der Waals surface area contributed by atoms with Crippen molar-refractivity contribution in [2.45, 2.75) is 10.9 Å². The number of nitro groups is 1. The molecule has 7 nitrogen and oxygen atoms in total. The van der Waals surface area contributed by atoms with E-state index in [1.807, 2.05) is 30.3 Å². The summed E-state index contributed by atoms with van der Waals surface area (Å²) in [6.07, 6.45) is 0. The number of nitrogens with one attached hydrogen (secondary N) is 1. The molecule has 0 aromatic heterocycles. The average Bonchev–Trinajstić information content (AvgIpc) is 2.62. The Hall–Kier alpha value is -2.29. The Labute approximate surface area is 140 Å². The van der Waals surface area contributed by atoms with Gasteiger partial charge >= 0.3 is 0 Å². The number of piperazine rings is 1. The number of para-hydroxylation sites is 1. The first-order valence-corrected chi connectivity index (χ1v) is 8.97. The fraction of sp³-hybridized carbons (Fsp3) is 0.250. The van der Waals surface area contributed by atoms with Crippen LogP contribution in [0.25, 0.3) is 0 Å². The predicted octanol–water partition coefficient (Wildman–Crippen LogP) is 1.93. The average molecular weight is 347 g/mol. The van der Waals surface area contributed by atoms with Crippen LogP contribution in [0.3, 0.4) is 0 Å². The van der Waals surface area contributed by atoms with Gasteiger partial charge in [-0.25, -0.2) is 8.42 Å². The Morgan fingerprint density at radius 3 is 2.46 bits per heavy atom. The Balaban J connectivity index is 2.06. The maximum absolute atomic E-state index is 13.1. The van der Waals surface area contributed by atoms with Crippen molar-refractivity contribution in [3.05, 3.63) is 70.3 Å². The first-order chi connectivity index (χ1) is 11.5. The summed E-state index contributed by atoms with van der Waals surface area (Å²) < 4.78 is 27.5. The Morgan fingerprint density at radius 1 is 1.08 bits per heavy atom. The molecular formula is C16H17N3O4S. The molecule has 2 aromatic rings. The summed E-state index contributed by atoms with van der Waals surface area (Å²) in [6, 6.07) is 14.3. The molecular weight excluding hydrogens is 330 g/mol. The van der Waals surface area contributed by atoms with E-state index < -0.39 is 26.7 Å². The zero-order valence-electron chi connectivity index (χ0n) is 12.8. The van der Waals surface area contributed by atoms with Gasteiger partial charge in [-0.2, -0.15) is 4.31 Å². The summed E-state index contributed by atoms with van der Waals surface area (Å²) in [6.45, 7) is 1.22. The molecule has 1 saturated heterocycles. The Bertz CT molecular complexity index is 839. The highest BCUT2D eigenvalue weighted by atomic mass is 32.2. The van der Waals surface area contributed by atoms with Gasteiger partial charge in [0.1, 0.15) is 0 Å². The highest BCUT2D eigenvalue weighted by Crippen LogP contribution is 2.32. The maximum atomic E-state index is 13.1. The van der Waals surface area contributed by atoms with Crippen molar-refractivity contribution in [2.24, 2.45) is 0 Å². The Morgan fingerprint density at radius 2 is 1.75 bits per heavy atom. The molecule has 2 aromatic carbocycles. The summed E-state index contributed by atoms with van der Waals surface area (Å²) in [7, 11) is -3.98. The van der Waals surface area contributed by atoms with Gasteiger partial charge < -0.3 is 5.32 Å². The zero-order valence-corrected chi connectivity index (χ0v) is 13.6. The molecule has 0 bridgehead atoms. The van der Waals surface area contributed by atoms with E-state index in [1.54, 1.807) is 0 Å². The molecule has 0 radical (unpaired) electrons. The van der Waals surface area contributed by atoms with Crippen molar-refractivity contribution in [2.75, 3.05) is 19.6 Å². The van der Waals surface area contributed by atoms with Crippen LogP contribution in [-0.2, 0) is 10.0 Å². The van der Waals surface area contributed by atoms with Crippen molar-refractivity contribution < 1.29 is 13.3 Å². The summed E-state index contributed by atoms with van der Waals surface area (Å²) in [5.41, 5.74) is 0.453. The number of nitrogens with zero attached hydrogens (tertiary/aromatic N) is 2. The molecule has 1 aliphatic rings. The smallest absolute Gasteiger partial charge is 0.289 e. The van der Waals surface area contributed by atoms with Crippen LogP contribution < -0.4 is 5.32 Å². The Kier molecular flexibility index (Phi) is 4.61. The largest absolute Gasteiger partial charge is 0.313 e. The van der Waals surface area contributed by atoms with Crippen molar-refractivity contribution in [1.82, 2.24) is 9.62 Å². The normalized spacial score (nSPS) is 19.1. The van der Waals surface area contributed by atoms with E-state index in [4.69, 9.17) is 0 Å². The van der Waals surface area contributed by atoms with Crippen LogP contribution in [0.15, 0.2) is 59.5 Å². The summed E-state index contributed by atoms with van der Waals surface area (Å²) in [5.74, 6) is 0. The van der Waals surface area contributed by atoms with Gasteiger partial charge in [0.05, 0.1) is 11.0 Å². The van der Waals surface area contributed by atoms with E-state index in [2.05, 4.69) is 5.32 Å². The number of sulfonamides is 1. The minimum atomic E-state index is -3.98. The van der Waals surface area contributed by atoms with Gasteiger partial charge in [0.25, 0.3) is 15.7 Å². The molecule has 3 rings (SSSR count). The first kappa shape index (κ1) is 16.6. The van der Waals surface area contributed by atoms with Gasteiger partial charge in [-0.05, 0) is 11.6 Å². The molecule has 8 heteroatoms. The van der Waals surface area contributed by atoms with Crippen molar-refractivity contribution >= 4 is 15.7 Å². The molecule has 1 atom stereocenters. The molecule has 1 heterocycles. The lowest BCUT2D eigenvalue weighted by Gasteiger charge is -2.35. The van der Waals surface area contributed by atoms with Gasteiger partial charge in [-0.3, -0.25) is 10.1 Å². The van der Waals surface area contributed by atoms with E-state index in [0.717, 1.165) is 5.56 Å². The third kappa shape index (κ3) is 3.03. The number of hydrogen-bond acceptors (Lipinski definition) is 5. The van der Waals surface area contributed by atoms with Crippen LogP contribution in [0, 0.1) is 10.1 Å². The molecule has 126 valence electrons. The lowest BCUT2D eigenvalue weighted by atomic mass is 10.1. The number of benzene rings is 2. The summed E-state index contributed by atoms with van der Waals surface area (Å²) >= 11 is 0. The predicted molar refractivity (Wildman–Crippen MR) is 89.0 cm³/mol. The van der Waals surface area contributed by atoms with Gasteiger partial charge in [-0.15, -0.1) is 0 Å². The molecule has 1 aliphatic heterocycles. The lowest BCUT2D eigenvalue weighted by Crippen LogP contribution is -2.48. The second-order valence-corrected chi connectivity index (χ2v) is 7.33.